The van der Waals surface area contributed by atoms with Crippen molar-refractivity contribution in [3.05, 3.63) is 29.8 Å². The summed E-state index contributed by atoms with van der Waals surface area (Å²) in [4.78, 5) is 0. The first kappa shape index (κ1) is 11.0. The number of hydrogen-bond acceptors (Lipinski definition) is 3. The van der Waals surface area contributed by atoms with Crippen LogP contribution in [0.2, 0.25) is 0 Å². The molecule has 3 nitrogen and oxygen atoms in total. The molecule has 84 valence electrons. The molecule has 2 atom stereocenters. The van der Waals surface area contributed by atoms with Crippen LogP contribution in [0, 0.1) is 11.3 Å². The topological polar surface area (TPSA) is 53.2 Å². The van der Waals surface area contributed by atoms with E-state index < -0.39 is 6.10 Å². The number of aliphatic hydroxyl groups is 1. The number of aliphatic hydroxyl groups excluding tert-OH is 1. The minimum absolute atomic E-state index is 0.164. The van der Waals surface area contributed by atoms with Crippen LogP contribution in [-0.4, -0.2) is 17.3 Å². The molecule has 1 aromatic rings. The first-order valence-corrected chi connectivity index (χ1v) is 5.65. The van der Waals surface area contributed by atoms with Crippen molar-refractivity contribution in [1.29, 1.82) is 5.26 Å². The Morgan fingerprint density at radius 2 is 2.00 bits per heavy atom. The summed E-state index contributed by atoms with van der Waals surface area (Å²) in [5.41, 5.74) is 0.528. The fourth-order valence-electron chi connectivity index (χ4n) is 2.04. The maximum absolute atomic E-state index is 9.79. The van der Waals surface area contributed by atoms with Crippen LogP contribution in [0.15, 0.2) is 24.3 Å². The van der Waals surface area contributed by atoms with Crippen LogP contribution < -0.4 is 4.74 Å². The molecule has 1 aliphatic carbocycles. The molecule has 0 aromatic heterocycles. The summed E-state index contributed by atoms with van der Waals surface area (Å²) in [7, 11) is 0. The number of hydrogen-bond donors (Lipinski definition) is 1. The van der Waals surface area contributed by atoms with Gasteiger partial charge in [0.1, 0.15) is 17.9 Å². The van der Waals surface area contributed by atoms with Gasteiger partial charge in [-0.25, -0.2) is 0 Å². The molecular formula is C13H15NO2. The average Bonchev–Trinajstić information content (AvgIpc) is 2.33. The summed E-state index contributed by atoms with van der Waals surface area (Å²) < 4.78 is 5.72. The first-order chi connectivity index (χ1) is 7.81. The van der Waals surface area contributed by atoms with Crippen molar-refractivity contribution in [1.82, 2.24) is 0 Å². The molecular weight excluding hydrogens is 202 g/mol. The highest BCUT2D eigenvalue weighted by atomic mass is 16.5. The lowest BCUT2D eigenvalue weighted by Gasteiger charge is -2.28. The molecule has 2 rings (SSSR count). The van der Waals surface area contributed by atoms with Gasteiger partial charge in [0.05, 0.1) is 11.7 Å². The Kier molecular flexibility index (Phi) is 3.43. The second kappa shape index (κ2) is 5.00. The van der Waals surface area contributed by atoms with Crippen LogP contribution in [-0.2, 0) is 0 Å². The molecule has 1 N–H and O–H groups in total. The van der Waals surface area contributed by atoms with E-state index in [9.17, 15) is 5.11 Å². The predicted molar refractivity (Wildman–Crippen MR) is 60.0 cm³/mol. The summed E-state index contributed by atoms with van der Waals surface area (Å²) in [5, 5.41) is 18.7. The van der Waals surface area contributed by atoms with Gasteiger partial charge in [0, 0.05) is 0 Å². The molecule has 16 heavy (non-hydrogen) atoms. The van der Waals surface area contributed by atoms with Crippen molar-refractivity contribution in [2.24, 2.45) is 0 Å². The molecule has 0 saturated heterocycles. The van der Waals surface area contributed by atoms with E-state index >= 15 is 0 Å². The fourth-order valence-corrected chi connectivity index (χ4v) is 2.04. The third-order valence-electron chi connectivity index (χ3n) is 2.95. The Labute approximate surface area is 95.3 Å². The molecule has 0 amide bonds. The van der Waals surface area contributed by atoms with Crippen LogP contribution in [0.3, 0.4) is 0 Å². The third-order valence-corrected chi connectivity index (χ3v) is 2.95. The molecule has 1 aromatic carbocycles. The highest BCUT2D eigenvalue weighted by Crippen LogP contribution is 2.25. The first-order valence-electron chi connectivity index (χ1n) is 5.65. The van der Waals surface area contributed by atoms with Crippen LogP contribution in [0.25, 0.3) is 0 Å². The zero-order valence-corrected chi connectivity index (χ0v) is 9.10. The van der Waals surface area contributed by atoms with Gasteiger partial charge in [-0.15, -0.1) is 0 Å². The number of benzene rings is 1. The van der Waals surface area contributed by atoms with E-state index in [1.54, 1.807) is 12.1 Å². The monoisotopic (exact) mass is 217 g/mol. The Morgan fingerprint density at radius 1 is 1.25 bits per heavy atom. The van der Waals surface area contributed by atoms with Crippen LogP contribution >= 0.6 is 0 Å². The molecule has 0 spiro atoms. The fraction of sp³-hybridized carbons (Fsp3) is 0.462. The molecule has 1 saturated carbocycles. The molecule has 3 heteroatoms. The van der Waals surface area contributed by atoms with Crippen molar-refractivity contribution in [2.75, 3.05) is 0 Å². The third kappa shape index (κ3) is 2.34. The van der Waals surface area contributed by atoms with E-state index in [1.165, 1.54) is 0 Å². The number of ether oxygens (including phenoxy) is 1. The van der Waals surface area contributed by atoms with E-state index in [4.69, 9.17) is 10.00 Å². The highest BCUT2D eigenvalue weighted by Gasteiger charge is 2.25. The van der Waals surface area contributed by atoms with Gasteiger partial charge >= 0.3 is 0 Å². The zero-order chi connectivity index (χ0) is 11.4. The van der Waals surface area contributed by atoms with E-state index in [-0.39, 0.29) is 6.10 Å². The number of nitrogens with zero attached hydrogens (tertiary/aromatic N) is 1. The van der Waals surface area contributed by atoms with Crippen molar-refractivity contribution >= 4 is 0 Å². The molecule has 0 bridgehead atoms. The van der Waals surface area contributed by atoms with E-state index in [0.717, 1.165) is 25.7 Å². The van der Waals surface area contributed by atoms with E-state index in [0.29, 0.717) is 11.3 Å². The second-order valence-corrected chi connectivity index (χ2v) is 4.12. The Hall–Kier alpha value is -1.53. The molecule has 1 fully saturated rings. The smallest absolute Gasteiger partial charge is 0.137 e. The maximum Gasteiger partial charge on any atom is 0.137 e. The predicted octanol–water partition coefficient (Wildman–Crippen LogP) is 2.24. The van der Waals surface area contributed by atoms with Crippen molar-refractivity contribution in [2.45, 2.75) is 37.9 Å². The molecule has 0 aliphatic heterocycles. The van der Waals surface area contributed by atoms with Gasteiger partial charge in [-0.05, 0) is 31.4 Å². The highest BCUT2D eigenvalue weighted by molar-refractivity contribution is 5.42. The summed E-state index contributed by atoms with van der Waals surface area (Å²) >= 11 is 0. The maximum atomic E-state index is 9.79. The second-order valence-electron chi connectivity index (χ2n) is 4.12. The normalized spacial score (nSPS) is 24.8. The molecule has 0 heterocycles. The van der Waals surface area contributed by atoms with Crippen LogP contribution in [0.1, 0.15) is 31.2 Å². The Bertz CT molecular complexity index is 397. The van der Waals surface area contributed by atoms with Crippen molar-refractivity contribution in [3.8, 4) is 11.8 Å². The number of rotatable bonds is 2. The minimum Gasteiger partial charge on any atom is -0.486 e. The lowest BCUT2D eigenvalue weighted by Crippen LogP contribution is -2.34. The van der Waals surface area contributed by atoms with Gasteiger partial charge in [0.2, 0.25) is 0 Å². The lowest BCUT2D eigenvalue weighted by molar-refractivity contribution is 0.00673. The summed E-state index contributed by atoms with van der Waals surface area (Å²) in [6.07, 6.45) is 3.22. The largest absolute Gasteiger partial charge is 0.486 e. The van der Waals surface area contributed by atoms with Gasteiger partial charge < -0.3 is 9.84 Å². The van der Waals surface area contributed by atoms with Gasteiger partial charge in [0.25, 0.3) is 0 Å². The Morgan fingerprint density at radius 3 is 2.75 bits per heavy atom. The van der Waals surface area contributed by atoms with Gasteiger partial charge in [-0.2, -0.15) is 5.26 Å². The van der Waals surface area contributed by atoms with Gasteiger partial charge in [0.15, 0.2) is 0 Å². The number of nitriles is 1. The van der Waals surface area contributed by atoms with Gasteiger partial charge in [-0.3, -0.25) is 0 Å². The number of para-hydroxylation sites is 1. The standard InChI is InChI=1S/C13H15NO2/c14-9-10-5-1-3-7-12(10)16-13-8-4-2-6-11(13)15/h1,3,5,7,11,13,15H,2,4,6,8H2. The zero-order valence-electron chi connectivity index (χ0n) is 9.10. The average molecular weight is 217 g/mol. The van der Waals surface area contributed by atoms with Crippen molar-refractivity contribution in [3.63, 3.8) is 0 Å². The minimum atomic E-state index is -0.402. The SMILES string of the molecule is N#Cc1ccccc1OC1CCCCC1O. The summed E-state index contributed by atoms with van der Waals surface area (Å²) in [6.45, 7) is 0. The molecule has 1 aliphatic rings. The lowest BCUT2D eigenvalue weighted by atomic mass is 9.95. The van der Waals surface area contributed by atoms with E-state index in [2.05, 4.69) is 6.07 Å². The van der Waals surface area contributed by atoms with Crippen molar-refractivity contribution < 1.29 is 9.84 Å². The quantitative estimate of drug-likeness (QED) is 0.826. The molecule has 2 unspecified atom stereocenters. The summed E-state index contributed by atoms with van der Waals surface area (Å²) in [6, 6.07) is 9.24. The Balaban J connectivity index is 2.11. The van der Waals surface area contributed by atoms with Gasteiger partial charge in [-0.1, -0.05) is 18.6 Å². The summed E-state index contributed by atoms with van der Waals surface area (Å²) in [5.74, 6) is 0.580. The van der Waals surface area contributed by atoms with Crippen LogP contribution in [0.4, 0.5) is 0 Å². The van der Waals surface area contributed by atoms with Crippen LogP contribution in [0.5, 0.6) is 5.75 Å². The molecule has 0 radical (unpaired) electrons. The van der Waals surface area contributed by atoms with E-state index in [1.807, 2.05) is 12.1 Å².